The zero-order valence-electron chi connectivity index (χ0n) is 19.0. The lowest BCUT2D eigenvalue weighted by Gasteiger charge is -2.34. The largest absolute Gasteiger partial charge is 0.491 e. The molecule has 0 saturated carbocycles. The van der Waals surface area contributed by atoms with E-state index in [0.717, 1.165) is 13.0 Å². The summed E-state index contributed by atoms with van der Waals surface area (Å²) in [6.07, 6.45) is 0.763. The number of nitrogens with one attached hydrogen (secondary N) is 2. The van der Waals surface area contributed by atoms with E-state index >= 15 is 0 Å². The van der Waals surface area contributed by atoms with Gasteiger partial charge in [0, 0.05) is 45.5 Å². The predicted molar refractivity (Wildman–Crippen MR) is 118 cm³/mol. The number of methoxy groups -OCH3 is 1. The SMILES string of the molecule is CCCNC(=O)Nc1ccc2c(c1)C(=O)N(C)C[C@@H](OC)[C@H](C)CN(C)[C@H](C)CO2. The van der Waals surface area contributed by atoms with Crippen LogP contribution in [0.2, 0.25) is 0 Å². The number of likely N-dealkylation sites (N-methyl/N-ethyl adjacent to an activating group) is 2. The van der Waals surface area contributed by atoms with Crippen LogP contribution in [0.3, 0.4) is 0 Å². The second kappa shape index (κ2) is 11.2. The minimum Gasteiger partial charge on any atom is -0.491 e. The highest BCUT2D eigenvalue weighted by atomic mass is 16.5. The third-order valence-corrected chi connectivity index (χ3v) is 5.55. The summed E-state index contributed by atoms with van der Waals surface area (Å²) in [7, 11) is 5.51. The zero-order chi connectivity index (χ0) is 22.3. The lowest BCUT2D eigenvalue weighted by atomic mass is 10.0. The van der Waals surface area contributed by atoms with E-state index in [1.54, 1.807) is 37.3 Å². The van der Waals surface area contributed by atoms with Gasteiger partial charge in [-0.3, -0.25) is 9.69 Å². The van der Waals surface area contributed by atoms with Crippen molar-refractivity contribution >= 4 is 17.6 Å². The number of anilines is 1. The van der Waals surface area contributed by atoms with Crippen molar-refractivity contribution in [2.75, 3.05) is 52.8 Å². The van der Waals surface area contributed by atoms with Gasteiger partial charge in [0.15, 0.2) is 0 Å². The molecule has 0 fully saturated rings. The van der Waals surface area contributed by atoms with Crippen molar-refractivity contribution in [1.29, 1.82) is 0 Å². The normalized spacial score (nSPS) is 23.6. The molecule has 0 aromatic heterocycles. The first-order valence-corrected chi connectivity index (χ1v) is 10.6. The molecule has 0 saturated heterocycles. The summed E-state index contributed by atoms with van der Waals surface area (Å²) in [5.41, 5.74) is 0.963. The molecule has 0 unspecified atom stereocenters. The molecule has 8 heteroatoms. The highest BCUT2D eigenvalue weighted by Gasteiger charge is 2.27. The van der Waals surface area contributed by atoms with Gasteiger partial charge in [-0.1, -0.05) is 13.8 Å². The van der Waals surface area contributed by atoms with E-state index in [-0.39, 0.29) is 30.0 Å². The number of rotatable bonds is 4. The molecule has 30 heavy (non-hydrogen) atoms. The van der Waals surface area contributed by atoms with Crippen LogP contribution in [-0.2, 0) is 4.74 Å². The quantitative estimate of drug-likeness (QED) is 0.783. The number of urea groups is 1. The maximum Gasteiger partial charge on any atom is 0.319 e. The van der Waals surface area contributed by atoms with Crippen LogP contribution in [0.1, 0.15) is 37.6 Å². The van der Waals surface area contributed by atoms with Gasteiger partial charge in [-0.15, -0.1) is 0 Å². The third-order valence-electron chi connectivity index (χ3n) is 5.55. The number of carbonyl (C=O) groups excluding carboxylic acids is 2. The molecule has 1 aliphatic heterocycles. The second-order valence-corrected chi connectivity index (χ2v) is 8.13. The van der Waals surface area contributed by atoms with Crippen LogP contribution in [0, 0.1) is 5.92 Å². The van der Waals surface area contributed by atoms with E-state index < -0.39 is 0 Å². The first-order valence-electron chi connectivity index (χ1n) is 10.6. The van der Waals surface area contributed by atoms with Crippen LogP contribution >= 0.6 is 0 Å². The van der Waals surface area contributed by atoms with Gasteiger partial charge in [0.1, 0.15) is 12.4 Å². The van der Waals surface area contributed by atoms with Crippen LogP contribution in [-0.4, -0.2) is 81.3 Å². The number of fused-ring (bicyclic) bond motifs is 1. The average Bonchev–Trinajstić information content (AvgIpc) is 2.73. The minimum absolute atomic E-state index is 0.0847. The smallest absolute Gasteiger partial charge is 0.319 e. The lowest BCUT2D eigenvalue weighted by Crippen LogP contribution is -2.45. The van der Waals surface area contributed by atoms with Gasteiger partial charge >= 0.3 is 6.03 Å². The molecule has 1 aliphatic rings. The number of nitrogens with zero attached hydrogens (tertiary/aromatic N) is 2. The highest BCUT2D eigenvalue weighted by molar-refractivity contribution is 5.99. The summed E-state index contributed by atoms with van der Waals surface area (Å²) in [6.45, 7) is 8.56. The molecule has 2 rings (SSSR count). The van der Waals surface area contributed by atoms with Crippen molar-refractivity contribution in [3.63, 3.8) is 0 Å². The first kappa shape index (κ1) is 24.0. The molecule has 0 bridgehead atoms. The number of ether oxygens (including phenoxy) is 2. The standard InChI is InChI=1S/C22H36N4O4/c1-7-10-23-22(28)24-17-8-9-19-18(11-17)21(27)26(5)13-20(29-6)15(2)12-25(4)16(3)14-30-19/h8-9,11,15-16,20H,7,10,12-14H2,1-6H3,(H2,23,24,28)/t15-,16-,20-/m1/s1. The third kappa shape index (κ3) is 6.34. The van der Waals surface area contributed by atoms with E-state index in [2.05, 4.69) is 36.4 Å². The van der Waals surface area contributed by atoms with Crippen molar-refractivity contribution in [1.82, 2.24) is 15.1 Å². The number of amides is 3. The van der Waals surface area contributed by atoms with E-state index in [1.807, 2.05) is 6.92 Å². The highest BCUT2D eigenvalue weighted by Crippen LogP contribution is 2.26. The molecular weight excluding hydrogens is 384 g/mol. The van der Waals surface area contributed by atoms with Gasteiger partial charge in [-0.2, -0.15) is 0 Å². The summed E-state index contributed by atoms with van der Waals surface area (Å²) in [6, 6.07) is 5.03. The Balaban J connectivity index is 2.33. The Morgan fingerprint density at radius 2 is 2.00 bits per heavy atom. The maximum atomic E-state index is 13.2. The molecule has 1 aromatic carbocycles. The number of hydrogen-bond acceptors (Lipinski definition) is 5. The molecule has 0 radical (unpaired) electrons. The van der Waals surface area contributed by atoms with Crippen LogP contribution in [0.25, 0.3) is 0 Å². The summed E-state index contributed by atoms with van der Waals surface area (Å²) >= 11 is 0. The second-order valence-electron chi connectivity index (χ2n) is 8.13. The van der Waals surface area contributed by atoms with E-state index in [9.17, 15) is 9.59 Å². The van der Waals surface area contributed by atoms with Crippen molar-refractivity contribution in [3.8, 4) is 5.75 Å². The first-order chi connectivity index (χ1) is 14.3. The Bertz CT molecular complexity index is 727. The zero-order valence-corrected chi connectivity index (χ0v) is 19.0. The van der Waals surface area contributed by atoms with Crippen molar-refractivity contribution in [2.24, 2.45) is 5.92 Å². The van der Waals surface area contributed by atoms with Gasteiger partial charge in [-0.05, 0) is 44.5 Å². The van der Waals surface area contributed by atoms with Gasteiger partial charge < -0.3 is 25.0 Å². The van der Waals surface area contributed by atoms with Gasteiger partial charge in [0.05, 0.1) is 11.7 Å². The van der Waals surface area contributed by atoms with Crippen molar-refractivity contribution < 1.29 is 19.1 Å². The Hall–Kier alpha value is -2.32. The summed E-state index contributed by atoms with van der Waals surface area (Å²) in [4.78, 5) is 29.1. The van der Waals surface area contributed by atoms with Crippen molar-refractivity contribution in [2.45, 2.75) is 39.3 Å². The lowest BCUT2D eigenvalue weighted by molar-refractivity contribution is 0.0150. The monoisotopic (exact) mass is 420 g/mol. The molecule has 2 N–H and O–H groups in total. The average molecular weight is 421 g/mol. The van der Waals surface area contributed by atoms with Crippen LogP contribution in [0.4, 0.5) is 10.5 Å². The van der Waals surface area contributed by atoms with E-state index in [1.165, 1.54) is 0 Å². The molecule has 0 spiro atoms. The fraction of sp³-hybridized carbons (Fsp3) is 0.636. The number of hydrogen-bond donors (Lipinski definition) is 2. The minimum atomic E-state index is -0.296. The Morgan fingerprint density at radius 1 is 1.27 bits per heavy atom. The molecule has 3 atom stereocenters. The molecule has 8 nitrogen and oxygen atoms in total. The van der Waals surface area contributed by atoms with E-state index in [0.29, 0.717) is 36.7 Å². The Labute approximate surface area is 179 Å². The topological polar surface area (TPSA) is 83.1 Å². The molecule has 1 heterocycles. The van der Waals surface area contributed by atoms with Gasteiger partial charge in [0.25, 0.3) is 5.91 Å². The number of benzene rings is 1. The summed E-state index contributed by atoms with van der Waals surface area (Å²) in [5.74, 6) is 0.583. The molecular formula is C22H36N4O4. The van der Waals surface area contributed by atoms with E-state index in [4.69, 9.17) is 9.47 Å². The molecule has 3 amide bonds. The van der Waals surface area contributed by atoms with Gasteiger partial charge in [0.2, 0.25) is 0 Å². The predicted octanol–water partition coefficient (Wildman–Crippen LogP) is 2.65. The van der Waals surface area contributed by atoms with Crippen LogP contribution in [0.5, 0.6) is 5.75 Å². The molecule has 1 aromatic rings. The van der Waals surface area contributed by atoms with Crippen LogP contribution in [0.15, 0.2) is 18.2 Å². The molecule has 168 valence electrons. The fourth-order valence-electron chi connectivity index (χ4n) is 3.45. The Morgan fingerprint density at radius 3 is 2.67 bits per heavy atom. The molecule has 0 aliphatic carbocycles. The number of carbonyl (C=O) groups is 2. The Kier molecular flexibility index (Phi) is 8.92. The van der Waals surface area contributed by atoms with Crippen LogP contribution < -0.4 is 15.4 Å². The fourth-order valence-corrected chi connectivity index (χ4v) is 3.45. The maximum absolute atomic E-state index is 13.2. The van der Waals surface area contributed by atoms with Crippen molar-refractivity contribution in [3.05, 3.63) is 23.8 Å². The van der Waals surface area contributed by atoms with Gasteiger partial charge in [-0.25, -0.2) is 4.79 Å². The summed E-state index contributed by atoms with van der Waals surface area (Å²) in [5, 5.41) is 5.55. The summed E-state index contributed by atoms with van der Waals surface area (Å²) < 4.78 is 11.7.